The van der Waals surface area contributed by atoms with Gasteiger partial charge in [-0.1, -0.05) is 0 Å². The summed E-state index contributed by atoms with van der Waals surface area (Å²) in [5.41, 5.74) is 6.28. The van der Waals surface area contributed by atoms with Gasteiger partial charge in [-0.3, -0.25) is 4.79 Å². The zero-order chi connectivity index (χ0) is 14.5. The molecule has 0 spiro atoms. The zero-order valence-electron chi connectivity index (χ0n) is 11.9. The average Bonchev–Trinajstić information content (AvgIpc) is 2.53. The summed E-state index contributed by atoms with van der Waals surface area (Å²) < 4.78 is 10.4. The van der Waals surface area contributed by atoms with Crippen LogP contribution < -0.4 is 20.5 Å². The summed E-state index contributed by atoms with van der Waals surface area (Å²) in [5, 5.41) is 3.24. The third kappa shape index (κ3) is 2.86. The molecular formula is C14H21N3O3. The topological polar surface area (TPSA) is 76.8 Å². The van der Waals surface area contributed by atoms with Crippen LogP contribution in [-0.2, 0) is 0 Å². The van der Waals surface area contributed by atoms with Crippen molar-refractivity contribution in [3.8, 4) is 11.5 Å². The molecule has 1 saturated heterocycles. The van der Waals surface area contributed by atoms with Crippen LogP contribution in [0, 0.1) is 0 Å². The van der Waals surface area contributed by atoms with Crippen molar-refractivity contribution in [2.24, 2.45) is 5.73 Å². The standard InChI is InChI=1S/C14H21N3O3/c1-19-11-3-4-12(13(7-11)20-2)14(18)17-6-5-16-9-10(17)8-15/h3-4,7,10,16H,5-6,8-9,15H2,1-2H3. The van der Waals surface area contributed by atoms with E-state index in [4.69, 9.17) is 15.2 Å². The van der Waals surface area contributed by atoms with E-state index in [0.29, 0.717) is 30.2 Å². The number of methoxy groups -OCH3 is 2. The number of nitrogens with zero attached hydrogens (tertiary/aromatic N) is 1. The van der Waals surface area contributed by atoms with Crippen LogP contribution in [0.4, 0.5) is 0 Å². The molecule has 1 heterocycles. The average molecular weight is 279 g/mol. The van der Waals surface area contributed by atoms with E-state index in [1.165, 1.54) is 0 Å². The Bertz CT molecular complexity index is 479. The molecule has 1 atom stereocenters. The molecule has 1 aromatic rings. The number of nitrogens with one attached hydrogen (secondary N) is 1. The van der Waals surface area contributed by atoms with Gasteiger partial charge in [-0.05, 0) is 12.1 Å². The summed E-state index contributed by atoms with van der Waals surface area (Å²) in [7, 11) is 3.13. The number of hydrogen-bond acceptors (Lipinski definition) is 5. The predicted molar refractivity (Wildman–Crippen MR) is 76.3 cm³/mol. The highest BCUT2D eigenvalue weighted by molar-refractivity contribution is 5.97. The van der Waals surface area contributed by atoms with Gasteiger partial charge in [0.05, 0.1) is 25.8 Å². The Morgan fingerprint density at radius 1 is 1.45 bits per heavy atom. The number of hydrogen-bond donors (Lipinski definition) is 2. The molecule has 1 aliphatic rings. The Hall–Kier alpha value is -1.79. The van der Waals surface area contributed by atoms with E-state index in [9.17, 15) is 4.79 Å². The quantitative estimate of drug-likeness (QED) is 0.816. The Kier molecular flexibility index (Phi) is 4.81. The molecule has 0 radical (unpaired) electrons. The number of ether oxygens (including phenoxy) is 2. The number of piperazine rings is 1. The second kappa shape index (κ2) is 6.58. The first-order valence-electron chi connectivity index (χ1n) is 6.65. The highest BCUT2D eigenvalue weighted by Gasteiger charge is 2.28. The first-order chi connectivity index (χ1) is 9.71. The maximum atomic E-state index is 12.7. The van der Waals surface area contributed by atoms with Crippen LogP contribution in [0.3, 0.4) is 0 Å². The number of carbonyl (C=O) groups is 1. The third-order valence-corrected chi connectivity index (χ3v) is 3.52. The van der Waals surface area contributed by atoms with Crippen LogP contribution in [0.5, 0.6) is 11.5 Å². The first-order valence-corrected chi connectivity index (χ1v) is 6.65. The van der Waals surface area contributed by atoms with Crippen LogP contribution >= 0.6 is 0 Å². The predicted octanol–water partition coefficient (Wildman–Crippen LogP) is 0.0765. The van der Waals surface area contributed by atoms with E-state index < -0.39 is 0 Å². The lowest BCUT2D eigenvalue weighted by Crippen LogP contribution is -2.56. The number of amides is 1. The Labute approximate surface area is 118 Å². The minimum atomic E-state index is -0.0542. The molecule has 1 fully saturated rings. The highest BCUT2D eigenvalue weighted by Crippen LogP contribution is 2.26. The molecular weight excluding hydrogens is 258 g/mol. The van der Waals surface area contributed by atoms with Gasteiger partial charge in [0.1, 0.15) is 11.5 Å². The number of carbonyl (C=O) groups excluding carboxylic acids is 1. The van der Waals surface area contributed by atoms with E-state index in [1.54, 1.807) is 37.3 Å². The third-order valence-electron chi connectivity index (χ3n) is 3.52. The molecule has 20 heavy (non-hydrogen) atoms. The zero-order valence-corrected chi connectivity index (χ0v) is 11.9. The van der Waals surface area contributed by atoms with Crippen LogP contribution in [0.2, 0.25) is 0 Å². The molecule has 0 aliphatic carbocycles. The number of benzene rings is 1. The summed E-state index contributed by atoms with van der Waals surface area (Å²) >= 11 is 0. The van der Waals surface area contributed by atoms with Crippen molar-refractivity contribution in [2.45, 2.75) is 6.04 Å². The molecule has 0 bridgehead atoms. The van der Waals surface area contributed by atoms with Gasteiger partial charge in [-0.15, -0.1) is 0 Å². The van der Waals surface area contributed by atoms with E-state index in [2.05, 4.69) is 5.32 Å². The van der Waals surface area contributed by atoms with Crippen molar-refractivity contribution in [3.05, 3.63) is 23.8 Å². The molecule has 110 valence electrons. The van der Waals surface area contributed by atoms with Crippen LogP contribution in [0.25, 0.3) is 0 Å². The van der Waals surface area contributed by atoms with Crippen molar-refractivity contribution in [1.29, 1.82) is 0 Å². The molecule has 6 nitrogen and oxygen atoms in total. The van der Waals surface area contributed by atoms with Crippen molar-refractivity contribution >= 4 is 5.91 Å². The monoisotopic (exact) mass is 279 g/mol. The summed E-state index contributed by atoms with van der Waals surface area (Å²) in [4.78, 5) is 14.5. The number of nitrogens with two attached hydrogens (primary N) is 1. The van der Waals surface area contributed by atoms with Gasteiger partial charge in [0.25, 0.3) is 5.91 Å². The Balaban J connectivity index is 2.27. The molecule has 1 amide bonds. The summed E-state index contributed by atoms with van der Waals surface area (Å²) in [6.07, 6.45) is 0. The summed E-state index contributed by atoms with van der Waals surface area (Å²) in [6, 6.07) is 5.22. The molecule has 1 aliphatic heterocycles. The fourth-order valence-corrected chi connectivity index (χ4v) is 2.37. The SMILES string of the molecule is COc1ccc(C(=O)N2CCNCC2CN)c(OC)c1. The van der Waals surface area contributed by atoms with Crippen molar-refractivity contribution in [3.63, 3.8) is 0 Å². The molecule has 0 saturated carbocycles. The summed E-state index contributed by atoms with van der Waals surface area (Å²) in [6.45, 7) is 2.59. The lowest BCUT2D eigenvalue weighted by atomic mass is 10.1. The lowest BCUT2D eigenvalue weighted by Gasteiger charge is -2.35. The van der Waals surface area contributed by atoms with E-state index in [-0.39, 0.29) is 11.9 Å². The fraction of sp³-hybridized carbons (Fsp3) is 0.500. The fourth-order valence-electron chi connectivity index (χ4n) is 2.37. The van der Waals surface area contributed by atoms with Crippen LogP contribution in [0.1, 0.15) is 10.4 Å². The minimum absolute atomic E-state index is 0.0167. The van der Waals surface area contributed by atoms with Gasteiger partial charge in [-0.25, -0.2) is 0 Å². The Morgan fingerprint density at radius 3 is 2.90 bits per heavy atom. The minimum Gasteiger partial charge on any atom is -0.497 e. The second-order valence-corrected chi connectivity index (χ2v) is 4.66. The van der Waals surface area contributed by atoms with Gasteiger partial charge in [0, 0.05) is 32.2 Å². The summed E-state index contributed by atoms with van der Waals surface area (Å²) in [5.74, 6) is 1.12. The van der Waals surface area contributed by atoms with Gasteiger partial charge in [-0.2, -0.15) is 0 Å². The maximum absolute atomic E-state index is 12.7. The first kappa shape index (κ1) is 14.6. The van der Waals surface area contributed by atoms with Gasteiger partial charge >= 0.3 is 0 Å². The van der Waals surface area contributed by atoms with E-state index >= 15 is 0 Å². The smallest absolute Gasteiger partial charge is 0.258 e. The van der Waals surface area contributed by atoms with E-state index in [0.717, 1.165) is 13.1 Å². The molecule has 0 aromatic heterocycles. The molecule has 2 rings (SSSR count). The Morgan fingerprint density at radius 2 is 2.25 bits per heavy atom. The molecule has 3 N–H and O–H groups in total. The second-order valence-electron chi connectivity index (χ2n) is 4.66. The normalized spacial score (nSPS) is 18.8. The van der Waals surface area contributed by atoms with Crippen LogP contribution in [-0.4, -0.2) is 57.2 Å². The maximum Gasteiger partial charge on any atom is 0.258 e. The largest absolute Gasteiger partial charge is 0.497 e. The van der Waals surface area contributed by atoms with Crippen molar-refractivity contribution in [2.75, 3.05) is 40.4 Å². The molecule has 1 aromatic carbocycles. The van der Waals surface area contributed by atoms with Crippen molar-refractivity contribution in [1.82, 2.24) is 10.2 Å². The van der Waals surface area contributed by atoms with Gasteiger partial charge in [0.2, 0.25) is 0 Å². The molecule has 6 heteroatoms. The van der Waals surface area contributed by atoms with Gasteiger partial charge < -0.3 is 25.4 Å². The highest BCUT2D eigenvalue weighted by atomic mass is 16.5. The van der Waals surface area contributed by atoms with Crippen LogP contribution in [0.15, 0.2) is 18.2 Å². The lowest BCUT2D eigenvalue weighted by molar-refractivity contribution is 0.0641. The molecule has 1 unspecified atom stereocenters. The van der Waals surface area contributed by atoms with E-state index in [1.807, 2.05) is 0 Å². The van der Waals surface area contributed by atoms with Gasteiger partial charge in [0.15, 0.2) is 0 Å². The van der Waals surface area contributed by atoms with Crippen molar-refractivity contribution < 1.29 is 14.3 Å². The number of rotatable bonds is 4.